The van der Waals surface area contributed by atoms with E-state index in [1.807, 2.05) is 4.90 Å². The summed E-state index contributed by atoms with van der Waals surface area (Å²) >= 11 is 0. The van der Waals surface area contributed by atoms with E-state index in [0.717, 1.165) is 12.1 Å². The fourth-order valence-electron chi connectivity index (χ4n) is 3.66. The number of carbonyl (C=O) groups is 1. The molecular weight excluding hydrogens is 418 g/mol. The molecule has 8 nitrogen and oxygen atoms in total. The molecule has 166 valence electrons. The second-order valence-corrected chi connectivity index (χ2v) is 7.54. The number of hydrogen-bond acceptors (Lipinski definition) is 7. The third-order valence-corrected chi connectivity index (χ3v) is 5.37. The van der Waals surface area contributed by atoms with Gasteiger partial charge in [-0.25, -0.2) is 13.8 Å². The van der Waals surface area contributed by atoms with Crippen LogP contribution in [0.3, 0.4) is 0 Å². The molecule has 3 aromatic rings. The standard InChI is InChI=1S/C22H22F2N6O2/c23-12-2-1-3-13(24)20(12)16-5-4-14(25)21(28-16)22(32)29-17-10-27-8-6-18(17)30-9-7-19(31)15(26)11-30/h1-6,8,10,15,19,31H,7,9,11,25-26H2,(H,29,32). The van der Waals surface area contributed by atoms with Gasteiger partial charge in [-0.05, 0) is 36.8 Å². The van der Waals surface area contributed by atoms with E-state index >= 15 is 0 Å². The van der Waals surface area contributed by atoms with Crippen LogP contribution >= 0.6 is 0 Å². The summed E-state index contributed by atoms with van der Waals surface area (Å²) < 4.78 is 28.4. The molecule has 4 rings (SSSR count). The number of rotatable bonds is 4. The van der Waals surface area contributed by atoms with E-state index in [-0.39, 0.29) is 22.6 Å². The number of aliphatic hydroxyl groups is 1. The van der Waals surface area contributed by atoms with Crippen LogP contribution < -0.4 is 21.7 Å². The number of anilines is 3. The third-order valence-electron chi connectivity index (χ3n) is 5.37. The van der Waals surface area contributed by atoms with E-state index in [1.54, 1.807) is 12.3 Å². The van der Waals surface area contributed by atoms with E-state index in [9.17, 15) is 18.7 Å². The number of nitrogens with zero attached hydrogens (tertiary/aromatic N) is 3. The molecule has 0 radical (unpaired) electrons. The van der Waals surface area contributed by atoms with Crippen LogP contribution in [-0.4, -0.2) is 46.2 Å². The first-order valence-corrected chi connectivity index (χ1v) is 10.00. The summed E-state index contributed by atoms with van der Waals surface area (Å²) in [4.78, 5) is 23.1. The molecule has 10 heteroatoms. The summed E-state index contributed by atoms with van der Waals surface area (Å²) in [5, 5.41) is 12.6. The van der Waals surface area contributed by atoms with Crippen LogP contribution in [0, 0.1) is 11.6 Å². The zero-order chi connectivity index (χ0) is 22.8. The molecule has 2 aromatic heterocycles. The molecule has 1 saturated heterocycles. The summed E-state index contributed by atoms with van der Waals surface area (Å²) in [6.07, 6.45) is 2.95. The summed E-state index contributed by atoms with van der Waals surface area (Å²) in [5.74, 6) is -2.25. The highest BCUT2D eigenvalue weighted by Crippen LogP contribution is 2.29. The minimum Gasteiger partial charge on any atom is -0.397 e. The Morgan fingerprint density at radius 1 is 1.19 bits per heavy atom. The van der Waals surface area contributed by atoms with Gasteiger partial charge in [-0.15, -0.1) is 0 Å². The maximum atomic E-state index is 14.2. The van der Waals surface area contributed by atoms with Gasteiger partial charge in [-0.2, -0.15) is 0 Å². The van der Waals surface area contributed by atoms with Crippen molar-refractivity contribution in [1.82, 2.24) is 9.97 Å². The first kappa shape index (κ1) is 21.6. The molecule has 0 saturated carbocycles. The molecule has 0 aliphatic carbocycles. The summed E-state index contributed by atoms with van der Waals surface area (Å²) in [6.45, 7) is 0.945. The zero-order valence-corrected chi connectivity index (χ0v) is 17.0. The minimum absolute atomic E-state index is 0.0524. The number of aliphatic hydroxyl groups excluding tert-OH is 1. The van der Waals surface area contributed by atoms with Gasteiger partial charge in [0.05, 0.1) is 40.6 Å². The van der Waals surface area contributed by atoms with Gasteiger partial charge >= 0.3 is 0 Å². The number of piperidine rings is 1. The molecule has 6 N–H and O–H groups in total. The lowest BCUT2D eigenvalue weighted by Crippen LogP contribution is -2.51. The largest absolute Gasteiger partial charge is 0.397 e. The number of aromatic nitrogens is 2. The maximum absolute atomic E-state index is 14.2. The topological polar surface area (TPSA) is 130 Å². The Labute approximate surface area is 182 Å². The first-order chi connectivity index (χ1) is 15.3. The average molecular weight is 440 g/mol. The molecule has 2 unspecified atom stereocenters. The van der Waals surface area contributed by atoms with E-state index in [2.05, 4.69) is 15.3 Å². The molecule has 0 bridgehead atoms. The van der Waals surface area contributed by atoms with Gasteiger partial charge in [0, 0.05) is 25.3 Å². The lowest BCUT2D eigenvalue weighted by molar-refractivity contribution is 0.102. The molecule has 1 aromatic carbocycles. The molecule has 2 atom stereocenters. The van der Waals surface area contributed by atoms with Gasteiger partial charge in [0.1, 0.15) is 11.6 Å². The Morgan fingerprint density at radius 2 is 1.94 bits per heavy atom. The Kier molecular flexibility index (Phi) is 5.97. The second kappa shape index (κ2) is 8.85. The van der Waals surface area contributed by atoms with Gasteiger partial charge < -0.3 is 26.8 Å². The Morgan fingerprint density at radius 3 is 2.66 bits per heavy atom. The molecule has 1 aliphatic rings. The number of nitrogens with one attached hydrogen (secondary N) is 1. The van der Waals surface area contributed by atoms with Crippen molar-refractivity contribution in [3.63, 3.8) is 0 Å². The monoisotopic (exact) mass is 440 g/mol. The van der Waals surface area contributed by atoms with Crippen LogP contribution in [0.5, 0.6) is 0 Å². The predicted molar refractivity (Wildman–Crippen MR) is 117 cm³/mol. The summed E-state index contributed by atoms with van der Waals surface area (Å²) in [6, 6.07) is 7.49. The quantitative estimate of drug-likeness (QED) is 0.489. The molecule has 0 spiro atoms. The number of amides is 1. The first-order valence-electron chi connectivity index (χ1n) is 10.00. The van der Waals surface area contributed by atoms with Crippen molar-refractivity contribution in [3.8, 4) is 11.3 Å². The zero-order valence-electron chi connectivity index (χ0n) is 17.0. The molecule has 1 amide bonds. The smallest absolute Gasteiger partial charge is 0.276 e. The van der Waals surface area contributed by atoms with Crippen molar-refractivity contribution in [3.05, 3.63) is 66.1 Å². The number of hydrogen-bond donors (Lipinski definition) is 4. The highest BCUT2D eigenvalue weighted by Gasteiger charge is 2.27. The van der Waals surface area contributed by atoms with Crippen LogP contribution in [0.4, 0.5) is 25.8 Å². The molecular formula is C22H22F2N6O2. The number of benzene rings is 1. The van der Waals surface area contributed by atoms with Gasteiger partial charge in [-0.1, -0.05) is 6.07 Å². The maximum Gasteiger partial charge on any atom is 0.276 e. The highest BCUT2D eigenvalue weighted by atomic mass is 19.1. The van der Waals surface area contributed by atoms with Crippen LogP contribution in [-0.2, 0) is 0 Å². The number of carbonyl (C=O) groups excluding carboxylic acids is 1. The van der Waals surface area contributed by atoms with Gasteiger partial charge in [0.25, 0.3) is 5.91 Å². The highest BCUT2D eigenvalue weighted by molar-refractivity contribution is 6.07. The van der Waals surface area contributed by atoms with Crippen molar-refractivity contribution < 1.29 is 18.7 Å². The van der Waals surface area contributed by atoms with Gasteiger partial charge in [-0.3, -0.25) is 9.78 Å². The molecule has 1 aliphatic heterocycles. The fourth-order valence-corrected chi connectivity index (χ4v) is 3.66. The summed E-state index contributed by atoms with van der Waals surface area (Å²) in [5.41, 5.74) is 12.5. The van der Waals surface area contributed by atoms with E-state index in [4.69, 9.17) is 11.5 Å². The van der Waals surface area contributed by atoms with Crippen molar-refractivity contribution >= 4 is 23.0 Å². The molecule has 1 fully saturated rings. The minimum atomic E-state index is -0.799. The predicted octanol–water partition coefficient (Wildman–Crippen LogP) is 2.15. The Balaban J connectivity index is 1.63. The SMILES string of the molecule is Nc1ccc(-c2c(F)cccc2F)nc1C(=O)Nc1cnccc1N1CCC(O)C(N)C1. The lowest BCUT2D eigenvalue weighted by atomic mass is 10.0. The number of nitrogens with two attached hydrogens (primary N) is 2. The van der Waals surface area contributed by atoms with Gasteiger partial charge in [0.2, 0.25) is 0 Å². The number of halogens is 2. The van der Waals surface area contributed by atoms with Crippen molar-refractivity contribution in [2.24, 2.45) is 5.73 Å². The molecule has 32 heavy (non-hydrogen) atoms. The van der Waals surface area contributed by atoms with Crippen molar-refractivity contribution in [2.75, 3.05) is 29.0 Å². The van der Waals surface area contributed by atoms with E-state index in [0.29, 0.717) is 30.9 Å². The Hall–Kier alpha value is -3.63. The lowest BCUT2D eigenvalue weighted by Gasteiger charge is -2.36. The fraction of sp³-hybridized carbons (Fsp3) is 0.227. The van der Waals surface area contributed by atoms with E-state index < -0.39 is 29.7 Å². The van der Waals surface area contributed by atoms with Crippen LogP contribution in [0.15, 0.2) is 48.8 Å². The third kappa shape index (κ3) is 4.23. The van der Waals surface area contributed by atoms with Crippen molar-refractivity contribution in [2.45, 2.75) is 18.6 Å². The number of pyridine rings is 2. The van der Waals surface area contributed by atoms with Crippen molar-refractivity contribution in [1.29, 1.82) is 0 Å². The van der Waals surface area contributed by atoms with Gasteiger partial charge in [0.15, 0.2) is 5.69 Å². The van der Waals surface area contributed by atoms with E-state index in [1.165, 1.54) is 24.4 Å². The summed E-state index contributed by atoms with van der Waals surface area (Å²) in [7, 11) is 0. The normalized spacial score (nSPS) is 18.4. The van der Waals surface area contributed by atoms with Crippen LogP contribution in [0.2, 0.25) is 0 Å². The van der Waals surface area contributed by atoms with Crippen LogP contribution in [0.25, 0.3) is 11.3 Å². The van der Waals surface area contributed by atoms with Crippen LogP contribution in [0.1, 0.15) is 16.9 Å². The average Bonchev–Trinajstić information content (AvgIpc) is 2.77. The molecule has 3 heterocycles. The number of nitrogen functional groups attached to an aromatic ring is 1. The second-order valence-electron chi connectivity index (χ2n) is 7.54. The Bertz CT molecular complexity index is 1140.